The van der Waals surface area contributed by atoms with Gasteiger partial charge in [-0.1, -0.05) is 6.42 Å². The number of rotatable bonds is 5. The summed E-state index contributed by atoms with van der Waals surface area (Å²) in [5, 5.41) is 13.5. The van der Waals surface area contributed by atoms with E-state index in [1.165, 1.54) is 25.8 Å². The van der Waals surface area contributed by atoms with Crippen LogP contribution in [0.3, 0.4) is 0 Å². The zero-order chi connectivity index (χ0) is 15.4. The quantitative estimate of drug-likeness (QED) is 0.711. The van der Waals surface area contributed by atoms with E-state index in [2.05, 4.69) is 32.7 Å². The zero-order valence-electron chi connectivity index (χ0n) is 13.5. The van der Waals surface area contributed by atoms with Gasteiger partial charge in [-0.3, -0.25) is 9.89 Å². The molecule has 1 unspecified atom stereocenters. The van der Waals surface area contributed by atoms with Gasteiger partial charge in [0.2, 0.25) is 0 Å². The molecule has 0 saturated carbocycles. The van der Waals surface area contributed by atoms with Crippen molar-refractivity contribution in [2.45, 2.75) is 51.6 Å². The number of nitrogens with zero attached hydrogens (tertiary/aromatic N) is 2. The van der Waals surface area contributed by atoms with Crippen LogP contribution >= 0.6 is 0 Å². The number of H-pyrrole nitrogens is 1. The Kier molecular flexibility index (Phi) is 5.10. The van der Waals surface area contributed by atoms with Gasteiger partial charge in [0, 0.05) is 49.9 Å². The van der Waals surface area contributed by atoms with E-state index in [1.807, 2.05) is 0 Å². The Hall–Kier alpha value is -1.40. The van der Waals surface area contributed by atoms with Crippen LogP contribution in [0.15, 0.2) is 0 Å². The molecule has 6 heteroatoms. The van der Waals surface area contributed by atoms with Crippen molar-refractivity contribution in [3.8, 4) is 0 Å². The fourth-order valence-electron chi connectivity index (χ4n) is 3.47. The number of nitrogens with one attached hydrogen (secondary N) is 3. The van der Waals surface area contributed by atoms with Crippen molar-refractivity contribution in [2.75, 3.05) is 26.2 Å². The molecule has 0 aliphatic carbocycles. The molecule has 3 rings (SSSR count). The lowest BCUT2D eigenvalue weighted by atomic mass is 10.0. The van der Waals surface area contributed by atoms with Gasteiger partial charge in [-0.15, -0.1) is 0 Å². The van der Waals surface area contributed by atoms with Crippen LogP contribution in [0.5, 0.6) is 0 Å². The molecule has 1 fully saturated rings. The summed E-state index contributed by atoms with van der Waals surface area (Å²) in [6.45, 7) is 6.98. The molecule has 1 atom stereocenters. The average molecular weight is 305 g/mol. The lowest BCUT2D eigenvalue weighted by molar-refractivity contribution is 0.0942. The number of amides is 1. The number of hydrogen-bond acceptors (Lipinski definition) is 4. The largest absolute Gasteiger partial charge is 0.351 e. The molecular weight excluding hydrogens is 278 g/mol. The molecule has 122 valence electrons. The standard InChI is InChI=1S/C16H27N5O/c1-12-5-2-3-9-21(12)10-4-7-18-16(22)15-13-11-17-8-6-14(13)19-20-15/h12,17H,2-11H2,1H3,(H,18,22)(H,19,20). The van der Waals surface area contributed by atoms with Crippen LogP contribution in [0, 0.1) is 0 Å². The van der Waals surface area contributed by atoms with E-state index < -0.39 is 0 Å². The predicted octanol–water partition coefficient (Wildman–Crippen LogP) is 1.05. The summed E-state index contributed by atoms with van der Waals surface area (Å²) in [4.78, 5) is 14.8. The Morgan fingerprint density at radius 2 is 2.36 bits per heavy atom. The molecule has 3 N–H and O–H groups in total. The van der Waals surface area contributed by atoms with Crippen LogP contribution in [0.2, 0.25) is 0 Å². The van der Waals surface area contributed by atoms with Crippen molar-refractivity contribution in [2.24, 2.45) is 0 Å². The summed E-state index contributed by atoms with van der Waals surface area (Å²) in [6, 6.07) is 0.689. The summed E-state index contributed by atoms with van der Waals surface area (Å²) < 4.78 is 0. The molecule has 0 radical (unpaired) electrons. The molecule has 1 amide bonds. The SMILES string of the molecule is CC1CCCCN1CCCNC(=O)c1n[nH]c2c1CNCC2. The van der Waals surface area contributed by atoms with Crippen molar-refractivity contribution in [1.29, 1.82) is 0 Å². The van der Waals surface area contributed by atoms with E-state index in [0.717, 1.165) is 50.3 Å². The van der Waals surface area contributed by atoms with Crippen LogP contribution in [0.4, 0.5) is 0 Å². The van der Waals surface area contributed by atoms with Crippen LogP contribution < -0.4 is 10.6 Å². The molecule has 1 aromatic heterocycles. The van der Waals surface area contributed by atoms with Crippen LogP contribution in [-0.4, -0.2) is 53.2 Å². The van der Waals surface area contributed by atoms with Gasteiger partial charge in [0.05, 0.1) is 0 Å². The van der Waals surface area contributed by atoms with E-state index in [1.54, 1.807) is 0 Å². The first-order valence-electron chi connectivity index (χ1n) is 8.55. The van der Waals surface area contributed by atoms with Crippen molar-refractivity contribution in [3.05, 3.63) is 17.0 Å². The third-order valence-corrected chi connectivity index (χ3v) is 4.87. The van der Waals surface area contributed by atoms with Gasteiger partial charge >= 0.3 is 0 Å². The fraction of sp³-hybridized carbons (Fsp3) is 0.750. The second-order valence-electron chi connectivity index (χ2n) is 6.45. The normalized spacial score (nSPS) is 22.3. The predicted molar refractivity (Wildman–Crippen MR) is 85.8 cm³/mol. The van der Waals surface area contributed by atoms with Crippen molar-refractivity contribution in [1.82, 2.24) is 25.7 Å². The molecule has 22 heavy (non-hydrogen) atoms. The maximum atomic E-state index is 12.3. The Morgan fingerprint density at radius 3 is 3.23 bits per heavy atom. The average Bonchev–Trinajstić information content (AvgIpc) is 2.97. The van der Waals surface area contributed by atoms with E-state index in [4.69, 9.17) is 0 Å². The lowest BCUT2D eigenvalue weighted by Crippen LogP contribution is -2.39. The summed E-state index contributed by atoms with van der Waals surface area (Å²) in [5.74, 6) is -0.0482. The van der Waals surface area contributed by atoms with E-state index in [0.29, 0.717) is 11.7 Å². The van der Waals surface area contributed by atoms with Crippen LogP contribution in [0.25, 0.3) is 0 Å². The van der Waals surface area contributed by atoms with Gasteiger partial charge in [0.1, 0.15) is 0 Å². The first-order chi connectivity index (χ1) is 10.8. The number of likely N-dealkylation sites (tertiary alicyclic amines) is 1. The fourth-order valence-corrected chi connectivity index (χ4v) is 3.47. The van der Waals surface area contributed by atoms with Crippen molar-refractivity contribution < 1.29 is 4.79 Å². The number of carbonyl (C=O) groups is 1. The first-order valence-corrected chi connectivity index (χ1v) is 8.55. The second-order valence-corrected chi connectivity index (χ2v) is 6.45. The van der Waals surface area contributed by atoms with Gasteiger partial charge in [-0.05, 0) is 32.7 Å². The summed E-state index contributed by atoms with van der Waals surface area (Å²) in [7, 11) is 0. The van der Waals surface area contributed by atoms with Gasteiger partial charge in [0.15, 0.2) is 5.69 Å². The Bertz CT molecular complexity index is 513. The number of piperidine rings is 1. The molecule has 1 saturated heterocycles. The van der Waals surface area contributed by atoms with Crippen LogP contribution in [-0.2, 0) is 13.0 Å². The zero-order valence-corrected chi connectivity index (χ0v) is 13.5. The number of hydrogen-bond donors (Lipinski definition) is 3. The topological polar surface area (TPSA) is 73.0 Å². The highest BCUT2D eigenvalue weighted by Crippen LogP contribution is 2.16. The minimum absolute atomic E-state index is 0.0482. The van der Waals surface area contributed by atoms with Gasteiger partial charge in [-0.25, -0.2) is 0 Å². The van der Waals surface area contributed by atoms with E-state index in [9.17, 15) is 4.79 Å². The highest BCUT2D eigenvalue weighted by atomic mass is 16.1. The number of fused-ring (bicyclic) bond motifs is 1. The summed E-state index contributed by atoms with van der Waals surface area (Å²) in [6.07, 6.45) is 5.89. The summed E-state index contributed by atoms with van der Waals surface area (Å²) >= 11 is 0. The minimum Gasteiger partial charge on any atom is -0.351 e. The monoisotopic (exact) mass is 305 g/mol. The van der Waals surface area contributed by atoms with Gasteiger partial charge in [-0.2, -0.15) is 5.10 Å². The Morgan fingerprint density at radius 1 is 1.45 bits per heavy atom. The Labute approximate surface area is 132 Å². The molecule has 3 heterocycles. The molecule has 2 aliphatic rings. The van der Waals surface area contributed by atoms with E-state index in [-0.39, 0.29) is 5.91 Å². The van der Waals surface area contributed by atoms with Crippen molar-refractivity contribution >= 4 is 5.91 Å². The third-order valence-electron chi connectivity index (χ3n) is 4.87. The number of aromatic amines is 1. The first kappa shape index (κ1) is 15.5. The van der Waals surface area contributed by atoms with Crippen molar-refractivity contribution in [3.63, 3.8) is 0 Å². The molecule has 2 aliphatic heterocycles. The molecule has 0 bridgehead atoms. The maximum Gasteiger partial charge on any atom is 0.272 e. The molecule has 0 aromatic carbocycles. The molecular formula is C16H27N5O. The molecule has 1 aromatic rings. The number of carbonyl (C=O) groups excluding carboxylic acids is 1. The smallest absolute Gasteiger partial charge is 0.272 e. The second kappa shape index (κ2) is 7.24. The molecule has 0 spiro atoms. The van der Waals surface area contributed by atoms with Gasteiger partial charge < -0.3 is 15.5 Å². The van der Waals surface area contributed by atoms with E-state index >= 15 is 0 Å². The molecule has 6 nitrogen and oxygen atoms in total. The maximum absolute atomic E-state index is 12.3. The third kappa shape index (κ3) is 3.50. The number of aromatic nitrogens is 2. The summed E-state index contributed by atoms with van der Waals surface area (Å²) in [5.41, 5.74) is 2.70. The highest BCUT2D eigenvalue weighted by Gasteiger charge is 2.21. The lowest BCUT2D eigenvalue weighted by Gasteiger charge is -2.33. The highest BCUT2D eigenvalue weighted by molar-refractivity contribution is 5.94. The van der Waals surface area contributed by atoms with Gasteiger partial charge in [0.25, 0.3) is 5.91 Å². The van der Waals surface area contributed by atoms with Crippen LogP contribution in [0.1, 0.15) is 54.4 Å². The minimum atomic E-state index is -0.0482. The Balaban J connectivity index is 1.43.